The third kappa shape index (κ3) is 3.18. The summed E-state index contributed by atoms with van der Waals surface area (Å²) in [5.74, 6) is 0.686. The lowest BCUT2D eigenvalue weighted by atomic mass is 10.1. The molecular weight excluding hydrogens is 250 g/mol. The molecule has 20 heavy (non-hydrogen) atoms. The van der Waals surface area contributed by atoms with Crippen LogP contribution in [0.15, 0.2) is 29.2 Å². The molecule has 0 spiro atoms. The molecule has 0 unspecified atom stereocenters. The van der Waals surface area contributed by atoms with Gasteiger partial charge < -0.3 is 5.43 Å². The van der Waals surface area contributed by atoms with Gasteiger partial charge in [-0.05, 0) is 43.4 Å². The molecule has 0 bridgehead atoms. The maximum atomic E-state index is 12.4. The zero-order valence-corrected chi connectivity index (χ0v) is 12.5. The number of fused-ring (bicyclic) bond motifs is 1. The molecule has 0 saturated heterocycles. The lowest BCUT2D eigenvalue weighted by Crippen LogP contribution is -2.32. The van der Waals surface area contributed by atoms with Gasteiger partial charge in [0.05, 0.1) is 0 Å². The molecule has 2 aromatic rings. The molecule has 0 aromatic carbocycles. The van der Waals surface area contributed by atoms with E-state index in [1.165, 1.54) is 0 Å². The number of rotatable bonds is 6. The summed E-state index contributed by atoms with van der Waals surface area (Å²) in [4.78, 5) is 16.7. The van der Waals surface area contributed by atoms with Crippen molar-refractivity contribution in [1.82, 2.24) is 9.66 Å². The van der Waals surface area contributed by atoms with Crippen molar-refractivity contribution in [3.05, 3.63) is 40.3 Å². The minimum Gasteiger partial charge on any atom is -0.321 e. The average Bonchev–Trinajstić information content (AvgIpc) is 2.44. The molecule has 0 radical (unpaired) electrons. The maximum Gasteiger partial charge on any atom is 0.273 e. The van der Waals surface area contributed by atoms with Gasteiger partial charge in [0.25, 0.3) is 5.56 Å². The quantitative estimate of drug-likeness (QED) is 0.823. The smallest absolute Gasteiger partial charge is 0.273 e. The summed E-state index contributed by atoms with van der Waals surface area (Å²) in [5, 5.41) is 1.00. The van der Waals surface area contributed by atoms with Crippen LogP contribution in [-0.4, -0.2) is 16.2 Å². The molecule has 2 heterocycles. The molecule has 1 N–H and O–H groups in total. The van der Waals surface area contributed by atoms with E-state index in [2.05, 4.69) is 24.3 Å². The van der Waals surface area contributed by atoms with Crippen LogP contribution in [0.1, 0.15) is 39.2 Å². The van der Waals surface area contributed by atoms with Gasteiger partial charge in [0, 0.05) is 23.7 Å². The summed E-state index contributed by atoms with van der Waals surface area (Å²) in [6.07, 6.45) is 4.66. The Bertz CT molecular complexity index is 631. The van der Waals surface area contributed by atoms with Gasteiger partial charge in [0.2, 0.25) is 0 Å². The molecule has 0 aliphatic carbocycles. The largest absolute Gasteiger partial charge is 0.321 e. The number of hydrogen-bond acceptors (Lipinski definition) is 3. The van der Waals surface area contributed by atoms with E-state index in [0.29, 0.717) is 11.6 Å². The summed E-state index contributed by atoms with van der Waals surface area (Å²) < 4.78 is 1.61. The average molecular weight is 273 g/mol. The van der Waals surface area contributed by atoms with Gasteiger partial charge in [-0.2, -0.15) is 0 Å². The van der Waals surface area contributed by atoms with E-state index in [-0.39, 0.29) is 5.56 Å². The SMILES string of the molecule is CCc1cc2cccnc2n(NCCCC(C)C)c1=O. The molecule has 0 saturated carbocycles. The molecule has 0 atom stereocenters. The summed E-state index contributed by atoms with van der Waals surface area (Å²) in [6.45, 7) is 7.21. The normalized spacial score (nSPS) is 11.2. The molecule has 2 aromatic heterocycles. The van der Waals surface area contributed by atoms with Crippen LogP contribution in [0, 0.1) is 5.92 Å². The summed E-state index contributed by atoms with van der Waals surface area (Å²) in [6, 6.07) is 5.83. The van der Waals surface area contributed by atoms with Crippen LogP contribution < -0.4 is 11.0 Å². The summed E-state index contributed by atoms with van der Waals surface area (Å²) in [5.41, 5.74) is 4.77. The van der Waals surface area contributed by atoms with Crippen molar-refractivity contribution in [2.24, 2.45) is 5.92 Å². The zero-order valence-electron chi connectivity index (χ0n) is 12.5. The predicted octanol–water partition coefficient (Wildman–Crippen LogP) is 2.94. The van der Waals surface area contributed by atoms with Gasteiger partial charge in [-0.1, -0.05) is 20.8 Å². The van der Waals surface area contributed by atoms with E-state index >= 15 is 0 Å². The van der Waals surface area contributed by atoms with Crippen LogP contribution >= 0.6 is 0 Å². The molecule has 0 aliphatic rings. The Hall–Kier alpha value is -1.84. The van der Waals surface area contributed by atoms with Crippen LogP contribution in [-0.2, 0) is 6.42 Å². The fourth-order valence-electron chi connectivity index (χ4n) is 2.30. The highest BCUT2D eigenvalue weighted by molar-refractivity contribution is 5.75. The second kappa shape index (κ2) is 6.55. The molecular formula is C16H23N3O. The molecule has 108 valence electrons. The Balaban J connectivity index is 2.30. The number of hydrogen-bond donors (Lipinski definition) is 1. The molecule has 4 heteroatoms. The van der Waals surface area contributed by atoms with Crippen molar-refractivity contribution in [1.29, 1.82) is 0 Å². The van der Waals surface area contributed by atoms with E-state index in [0.717, 1.165) is 36.8 Å². The van der Waals surface area contributed by atoms with Crippen molar-refractivity contribution in [2.45, 2.75) is 40.0 Å². The minimum absolute atomic E-state index is 0.0169. The number of pyridine rings is 2. The fourth-order valence-corrected chi connectivity index (χ4v) is 2.30. The third-order valence-electron chi connectivity index (χ3n) is 3.45. The summed E-state index contributed by atoms with van der Waals surface area (Å²) >= 11 is 0. The summed E-state index contributed by atoms with van der Waals surface area (Å²) in [7, 11) is 0. The Morgan fingerprint density at radius 2 is 2.20 bits per heavy atom. The molecule has 0 amide bonds. The lowest BCUT2D eigenvalue weighted by Gasteiger charge is -2.14. The van der Waals surface area contributed by atoms with Crippen LogP contribution in [0.3, 0.4) is 0 Å². The minimum atomic E-state index is 0.0169. The van der Waals surface area contributed by atoms with Gasteiger partial charge in [0.1, 0.15) is 0 Å². The standard InChI is InChI=1S/C16H23N3O/c1-4-13-11-14-8-6-9-17-15(14)19(16(13)20)18-10-5-7-12(2)3/h6,8-9,11-12,18H,4-5,7,10H2,1-3H3. The van der Waals surface area contributed by atoms with Gasteiger partial charge >= 0.3 is 0 Å². The highest BCUT2D eigenvalue weighted by Gasteiger charge is 2.08. The molecule has 0 aliphatic heterocycles. The van der Waals surface area contributed by atoms with Crippen molar-refractivity contribution in [3.8, 4) is 0 Å². The van der Waals surface area contributed by atoms with Crippen molar-refractivity contribution >= 4 is 11.0 Å². The number of nitrogens with one attached hydrogen (secondary N) is 1. The molecule has 4 nitrogen and oxygen atoms in total. The van der Waals surface area contributed by atoms with Gasteiger partial charge in [-0.15, -0.1) is 0 Å². The van der Waals surface area contributed by atoms with E-state index < -0.39 is 0 Å². The van der Waals surface area contributed by atoms with Crippen molar-refractivity contribution in [3.63, 3.8) is 0 Å². The van der Waals surface area contributed by atoms with Crippen LogP contribution in [0.4, 0.5) is 0 Å². The van der Waals surface area contributed by atoms with E-state index in [1.54, 1.807) is 10.9 Å². The van der Waals surface area contributed by atoms with Crippen LogP contribution in [0.5, 0.6) is 0 Å². The van der Waals surface area contributed by atoms with Crippen LogP contribution in [0.25, 0.3) is 11.0 Å². The number of aromatic nitrogens is 2. The lowest BCUT2D eigenvalue weighted by molar-refractivity contribution is 0.557. The first-order chi connectivity index (χ1) is 9.63. The third-order valence-corrected chi connectivity index (χ3v) is 3.45. The number of nitrogens with zero attached hydrogens (tertiary/aromatic N) is 2. The highest BCUT2D eigenvalue weighted by Crippen LogP contribution is 2.10. The monoisotopic (exact) mass is 273 g/mol. The maximum absolute atomic E-state index is 12.4. The van der Waals surface area contributed by atoms with Gasteiger partial charge in [-0.25, -0.2) is 9.66 Å². The van der Waals surface area contributed by atoms with E-state index in [4.69, 9.17) is 0 Å². The molecule has 2 rings (SSSR count). The van der Waals surface area contributed by atoms with Crippen molar-refractivity contribution < 1.29 is 0 Å². The fraction of sp³-hybridized carbons (Fsp3) is 0.500. The second-order valence-electron chi connectivity index (χ2n) is 5.52. The Kier molecular flexibility index (Phi) is 4.77. The Labute approximate surface area is 119 Å². The Morgan fingerprint density at radius 1 is 1.40 bits per heavy atom. The first kappa shape index (κ1) is 14.6. The predicted molar refractivity (Wildman–Crippen MR) is 83.7 cm³/mol. The first-order valence-electron chi connectivity index (χ1n) is 7.37. The van der Waals surface area contributed by atoms with Gasteiger partial charge in [-0.3, -0.25) is 4.79 Å². The molecule has 0 fully saturated rings. The first-order valence-corrected chi connectivity index (χ1v) is 7.37. The van der Waals surface area contributed by atoms with Crippen molar-refractivity contribution in [2.75, 3.05) is 12.0 Å². The van der Waals surface area contributed by atoms with E-state index in [9.17, 15) is 4.79 Å². The highest BCUT2D eigenvalue weighted by atomic mass is 16.1. The van der Waals surface area contributed by atoms with Crippen LogP contribution in [0.2, 0.25) is 0 Å². The van der Waals surface area contributed by atoms with Gasteiger partial charge in [0.15, 0.2) is 5.65 Å². The Morgan fingerprint density at radius 3 is 2.90 bits per heavy atom. The van der Waals surface area contributed by atoms with E-state index in [1.807, 2.05) is 25.1 Å². The zero-order chi connectivity index (χ0) is 14.5. The number of aryl methyl sites for hydroxylation is 1. The second-order valence-corrected chi connectivity index (χ2v) is 5.52. The topological polar surface area (TPSA) is 46.9 Å².